The van der Waals surface area contributed by atoms with Gasteiger partial charge in [0.25, 0.3) is 5.91 Å². The van der Waals surface area contributed by atoms with Crippen LogP contribution in [-0.4, -0.2) is 59.4 Å². The highest BCUT2D eigenvalue weighted by Crippen LogP contribution is 2.16. The molecule has 1 saturated heterocycles. The Labute approximate surface area is 122 Å². The number of hydrogen-bond donors (Lipinski definition) is 2. The van der Waals surface area contributed by atoms with Crippen molar-refractivity contribution in [3.05, 3.63) is 35.9 Å². The van der Waals surface area contributed by atoms with Crippen LogP contribution in [0.4, 0.5) is 0 Å². The first kappa shape index (κ1) is 15.5. The summed E-state index contributed by atoms with van der Waals surface area (Å²) < 4.78 is 5.14. The summed E-state index contributed by atoms with van der Waals surface area (Å²) in [5.74, 6) is -2.86. The molecule has 1 aliphatic heterocycles. The molecule has 0 saturated carbocycles. The molecule has 114 valence electrons. The minimum atomic E-state index is -1.54. The maximum atomic E-state index is 12.2. The van der Waals surface area contributed by atoms with Crippen LogP contribution in [0.2, 0.25) is 0 Å². The highest BCUT2D eigenvalue weighted by atomic mass is 16.5. The molecule has 0 bridgehead atoms. The lowest BCUT2D eigenvalue weighted by atomic mass is 9.93. The number of amides is 1. The number of carbonyl (C=O) groups excluding carboxylic acids is 1. The highest BCUT2D eigenvalue weighted by Gasteiger charge is 2.35. The van der Waals surface area contributed by atoms with Crippen molar-refractivity contribution >= 4 is 11.9 Å². The van der Waals surface area contributed by atoms with Crippen molar-refractivity contribution < 1.29 is 24.5 Å². The summed E-state index contributed by atoms with van der Waals surface area (Å²) in [5.41, 5.74) is 0.777. The van der Waals surface area contributed by atoms with E-state index in [0.29, 0.717) is 26.3 Å². The minimum absolute atomic E-state index is 0.118. The number of nitrogens with zero attached hydrogens (tertiary/aromatic N) is 1. The van der Waals surface area contributed by atoms with Crippen molar-refractivity contribution in [1.82, 2.24) is 4.90 Å². The fourth-order valence-corrected chi connectivity index (χ4v) is 2.34. The van der Waals surface area contributed by atoms with E-state index in [2.05, 4.69) is 0 Å². The lowest BCUT2D eigenvalue weighted by Crippen LogP contribution is -2.49. The van der Waals surface area contributed by atoms with Crippen LogP contribution in [-0.2, 0) is 20.7 Å². The van der Waals surface area contributed by atoms with Crippen LogP contribution in [0, 0.1) is 5.92 Å². The Morgan fingerprint density at radius 2 is 1.81 bits per heavy atom. The molecule has 0 radical (unpaired) electrons. The SMILES string of the molecule is O=C(O)C(Cc1ccccc1)C(O)C(=O)N1CCOCC1. The molecule has 6 heteroatoms. The number of carbonyl (C=O) groups is 2. The van der Waals surface area contributed by atoms with Crippen LogP contribution >= 0.6 is 0 Å². The first-order valence-electron chi connectivity index (χ1n) is 6.91. The van der Waals surface area contributed by atoms with Gasteiger partial charge in [0.15, 0.2) is 0 Å². The van der Waals surface area contributed by atoms with Gasteiger partial charge < -0.3 is 19.8 Å². The van der Waals surface area contributed by atoms with Gasteiger partial charge in [-0.1, -0.05) is 30.3 Å². The predicted octanol–water partition coefficient (Wildman–Crippen LogP) is 0.150. The first-order valence-corrected chi connectivity index (χ1v) is 6.91. The number of hydrogen-bond acceptors (Lipinski definition) is 4. The molecule has 0 spiro atoms. The standard InChI is InChI=1S/C15H19NO5/c17-13(14(18)16-6-8-21-9-7-16)12(15(19)20)10-11-4-2-1-3-5-11/h1-5,12-13,17H,6-10H2,(H,19,20). The molecule has 2 atom stereocenters. The van der Waals surface area contributed by atoms with E-state index in [9.17, 15) is 19.8 Å². The molecule has 1 aromatic rings. The van der Waals surface area contributed by atoms with E-state index >= 15 is 0 Å². The van der Waals surface area contributed by atoms with Gasteiger partial charge >= 0.3 is 5.97 Å². The second kappa shape index (κ2) is 7.19. The van der Waals surface area contributed by atoms with E-state index < -0.39 is 23.9 Å². The van der Waals surface area contributed by atoms with E-state index in [-0.39, 0.29) is 6.42 Å². The normalized spacial score (nSPS) is 18.0. The van der Waals surface area contributed by atoms with Gasteiger partial charge in [-0.3, -0.25) is 9.59 Å². The maximum absolute atomic E-state index is 12.2. The van der Waals surface area contributed by atoms with Crippen molar-refractivity contribution in [2.75, 3.05) is 26.3 Å². The average Bonchev–Trinajstić information content (AvgIpc) is 2.53. The van der Waals surface area contributed by atoms with Gasteiger partial charge in [0.2, 0.25) is 0 Å². The Hall–Kier alpha value is -1.92. The van der Waals surface area contributed by atoms with Crippen LogP contribution in [0.3, 0.4) is 0 Å². The fraction of sp³-hybridized carbons (Fsp3) is 0.467. The molecule has 0 aliphatic carbocycles. The zero-order valence-corrected chi connectivity index (χ0v) is 11.6. The minimum Gasteiger partial charge on any atom is -0.481 e. The van der Waals surface area contributed by atoms with E-state index in [1.807, 2.05) is 6.07 Å². The second-order valence-electron chi connectivity index (χ2n) is 5.02. The smallest absolute Gasteiger partial charge is 0.310 e. The molecule has 2 unspecified atom stereocenters. The molecule has 1 amide bonds. The lowest BCUT2D eigenvalue weighted by molar-refractivity contribution is -0.157. The summed E-state index contributed by atoms with van der Waals surface area (Å²) in [6.45, 7) is 1.59. The third-order valence-corrected chi connectivity index (χ3v) is 3.57. The van der Waals surface area contributed by atoms with E-state index in [1.165, 1.54) is 4.90 Å². The number of ether oxygens (including phenoxy) is 1. The summed E-state index contributed by atoms with van der Waals surface area (Å²) in [6, 6.07) is 8.98. The Kier molecular flexibility index (Phi) is 5.30. The summed E-state index contributed by atoms with van der Waals surface area (Å²) >= 11 is 0. The third kappa shape index (κ3) is 4.03. The number of rotatable bonds is 5. The van der Waals surface area contributed by atoms with Crippen LogP contribution in [0.1, 0.15) is 5.56 Å². The number of carboxylic acid groups (broad SMARTS) is 1. The summed E-state index contributed by atoms with van der Waals surface area (Å²) in [6.07, 6.45) is -1.42. The van der Waals surface area contributed by atoms with Crippen LogP contribution in [0.5, 0.6) is 0 Å². The molecule has 1 heterocycles. The van der Waals surface area contributed by atoms with Gasteiger partial charge in [0, 0.05) is 13.1 Å². The highest BCUT2D eigenvalue weighted by molar-refractivity contribution is 5.86. The molecule has 21 heavy (non-hydrogen) atoms. The Balaban J connectivity index is 2.06. The number of carboxylic acids is 1. The molecular weight excluding hydrogens is 274 g/mol. The topological polar surface area (TPSA) is 87.1 Å². The fourth-order valence-electron chi connectivity index (χ4n) is 2.34. The summed E-state index contributed by atoms with van der Waals surface area (Å²) in [5, 5.41) is 19.4. The average molecular weight is 293 g/mol. The second-order valence-corrected chi connectivity index (χ2v) is 5.02. The van der Waals surface area contributed by atoms with Crippen molar-refractivity contribution in [1.29, 1.82) is 0 Å². The first-order chi connectivity index (χ1) is 10.1. The van der Waals surface area contributed by atoms with Crippen molar-refractivity contribution in [3.63, 3.8) is 0 Å². The van der Waals surface area contributed by atoms with Crippen molar-refractivity contribution in [2.45, 2.75) is 12.5 Å². The lowest BCUT2D eigenvalue weighted by Gasteiger charge is -2.30. The van der Waals surface area contributed by atoms with Gasteiger partial charge in [0.1, 0.15) is 6.10 Å². The molecule has 1 aromatic carbocycles. The number of benzene rings is 1. The van der Waals surface area contributed by atoms with Gasteiger partial charge in [-0.25, -0.2) is 0 Å². The van der Waals surface area contributed by atoms with Gasteiger partial charge in [-0.05, 0) is 12.0 Å². The van der Waals surface area contributed by atoms with Gasteiger partial charge in [0.05, 0.1) is 19.1 Å². The Morgan fingerprint density at radius 3 is 2.38 bits per heavy atom. The monoisotopic (exact) mass is 293 g/mol. The number of aliphatic hydroxyl groups is 1. The predicted molar refractivity (Wildman–Crippen MR) is 74.7 cm³/mol. The number of morpholine rings is 1. The molecule has 1 fully saturated rings. The molecule has 2 N–H and O–H groups in total. The zero-order chi connectivity index (χ0) is 15.2. The van der Waals surface area contributed by atoms with Crippen molar-refractivity contribution in [2.24, 2.45) is 5.92 Å². The van der Waals surface area contributed by atoms with Crippen molar-refractivity contribution in [3.8, 4) is 0 Å². The zero-order valence-electron chi connectivity index (χ0n) is 11.6. The molecule has 6 nitrogen and oxygen atoms in total. The van der Waals surface area contributed by atoms with Crippen LogP contribution < -0.4 is 0 Å². The Bertz CT molecular complexity index is 484. The van der Waals surface area contributed by atoms with Crippen LogP contribution in [0.25, 0.3) is 0 Å². The third-order valence-electron chi connectivity index (χ3n) is 3.57. The maximum Gasteiger partial charge on any atom is 0.310 e. The molecule has 0 aromatic heterocycles. The van der Waals surface area contributed by atoms with E-state index in [1.54, 1.807) is 24.3 Å². The molecular formula is C15H19NO5. The molecule has 1 aliphatic rings. The molecule has 2 rings (SSSR count). The van der Waals surface area contributed by atoms with Gasteiger partial charge in [-0.2, -0.15) is 0 Å². The Morgan fingerprint density at radius 1 is 1.19 bits per heavy atom. The summed E-state index contributed by atoms with van der Waals surface area (Å²) in [4.78, 5) is 25.0. The number of aliphatic carboxylic acids is 1. The van der Waals surface area contributed by atoms with Crippen LogP contribution in [0.15, 0.2) is 30.3 Å². The van der Waals surface area contributed by atoms with Gasteiger partial charge in [-0.15, -0.1) is 0 Å². The summed E-state index contributed by atoms with van der Waals surface area (Å²) in [7, 11) is 0. The number of aliphatic hydroxyl groups excluding tert-OH is 1. The quantitative estimate of drug-likeness (QED) is 0.807. The van der Waals surface area contributed by atoms with E-state index in [0.717, 1.165) is 5.56 Å². The van der Waals surface area contributed by atoms with E-state index in [4.69, 9.17) is 4.74 Å². The largest absolute Gasteiger partial charge is 0.481 e.